The lowest BCUT2D eigenvalue weighted by Crippen LogP contribution is -2.54. The Labute approximate surface area is 260 Å². The Morgan fingerprint density at radius 2 is 1.73 bits per heavy atom. The number of nitriles is 1. The van der Waals surface area contributed by atoms with Crippen LogP contribution in [0, 0.1) is 11.3 Å². The van der Waals surface area contributed by atoms with Crippen LogP contribution >= 0.6 is 0 Å². The van der Waals surface area contributed by atoms with Crippen molar-refractivity contribution in [2.45, 2.75) is 63.2 Å². The molecule has 1 saturated heterocycles. The molecule has 0 atom stereocenters. The zero-order valence-electron chi connectivity index (χ0n) is 25.3. The molecule has 2 aromatic heterocycles. The number of rotatable bonds is 9. The fourth-order valence-electron chi connectivity index (χ4n) is 6.06. The Balaban J connectivity index is 1.18. The number of benzene rings is 2. The van der Waals surface area contributed by atoms with Crippen molar-refractivity contribution in [1.82, 2.24) is 29.7 Å². The monoisotopic (exact) mass is 608 g/mol. The first-order valence-electron chi connectivity index (χ1n) is 15.1. The number of nitrogens with one attached hydrogen (secondary N) is 2. The first-order valence-corrected chi connectivity index (χ1v) is 15.1. The van der Waals surface area contributed by atoms with Crippen LogP contribution in [0.1, 0.15) is 45.6 Å². The summed E-state index contributed by atoms with van der Waals surface area (Å²) in [5, 5.41) is 16.1. The van der Waals surface area contributed by atoms with Gasteiger partial charge in [0.15, 0.2) is 11.5 Å². The van der Waals surface area contributed by atoms with E-state index in [9.17, 15) is 14.9 Å². The maximum atomic E-state index is 14.0. The lowest BCUT2D eigenvalue weighted by molar-refractivity contribution is -0.118. The molecule has 1 amide bonds. The van der Waals surface area contributed by atoms with Gasteiger partial charge < -0.3 is 25.8 Å². The second kappa shape index (κ2) is 12.6. The summed E-state index contributed by atoms with van der Waals surface area (Å²) in [6.45, 7) is 5.09. The smallest absolute Gasteiger partial charge is 0.335 e. The van der Waals surface area contributed by atoms with Gasteiger partial charge in [-0.05, 0) is 82.0 Å². The highest BCUT2D eigenvalue weighted by Crippen LogP contribution is 2.32. The molecule has 4 aromatic rings. The van der Waals surface area contributed by atoms with Crippen LogP contribution in [0.5, 0.6) is 11.5 Å². The summed E-state index contributed by atoms with van der Waals surface area (Å²) in [5.74, 6) is 1.16. The predicted molar refractivity (Wildman–Crippen MR) is 169 cm³/mol. The molecule has 3 heterocycles. The molecule has 0 radical (unpaired) electrons. The van der Waals surface area contributed by atoms with Crippen LogP contribution in [0.15, 0.2) is 77.4 Å². The summed E-state index contributed by atoms with van der Waals surface area (Å²) in [6, 6.07) is 18.7. The van der Waals surface area contributed by atoms with Crippen LogP contribution < -0.4 is 26.8 Å². The standard InChI is InChI=1S/C33H36N8O4/c1-33(2,39-23-18-44-19-23)16-21(17-34)31(42)38-22-8-10-25(11-9-22)41-30-28(29(35)36-20-37-30)40(32(41)43)24-12-14-27(15-13-24)45-26-6-4-3-5-7-26/h3-7,12-16,20,22-23,25,39H,8-11,18-19H2,1-2H3,(H,38,42)(H2,35,36,37). The molecule has 0 spiro atoms. The Morgan fingerprint density at radius 1 is 1.04 bits per heavy atom. The van der Waals surface area contributed by atoms with Gasteiger partial charge in [0.2, 0.25) is 0 Å². The van der Waals surface area contributed by atoms with Crippen molar-refractivity contribution in [1.29, 1.82) is 5.26 Å². The number of fused-ring (bicyclic) bond motifs is 1. The number of hydrogen-bond acceptors (Lipinski definition) is 9. The van der Waals surface area contributed by atoms with Gasteiger partial charge in [-0.1, -0.05) is 18.2 Å². The average molecular weight is 609 g/mol. The van der Waals surface area contributed by atoms with E-state index in [1.54, 1.807) is 39.5 Å². The van der Waals surface area contributed by atoms with Crippen molar-refractivity contribution in [3.8, 4) is 23.3 Å². The lowest BCUT2D eigenvalue weighted by atomic mass is 9.90. The summed E-state index contributed by atoms with van der Waals surface area (Å²) in [5.41, 5.74) is 7.10. The molecular formula is C33H36N8O4. The third-order valence-electron chi connectivity index (χ3n) is 8.24. The first-order chi connectivity index (χ1) is 21.7. The Morgan fingerprint density at radius 3 is 2.38 bits per heavy atom. The Hall–Kier alpha value is -4.99. The van der Waals surface area contributed by atoms with Crippen LogP contribution in [0.2, 0.25) is 0 Å². The fraction of sp³-hybridized carbons (Fsp3) is 0.364. The number of nitrogens with zero attached hydrogens (tertiary/aromatic N) is 5. The predicted octanol–water partition coefficient (Wildman–Crippen LogP) is 3.77. The number of anilines is 1. The number of para-hydroxylation sites is 1. The summed E-state index contributed by atoms with van der Waals surface area (Å²) >= 11 is 0. The minimum absolute atomic E-state index is 0.0708. The molecular weight excluding hydrogens is 572 g/mol. The second-order valence-electron chi connectivity index (χ2n) is 12.1. The van der Waals surface area contributed by atoms with Crippen molar-refractivity contribution < 1.29 is 14.3 Å². The van der Waals surface area contributed by atoms with Crippen molar-refractivity contribution in [3.63, 3.8) is 0 Å². The minimum Gasteiger partial charge on any atom is -0.457 e. The topological polar surface area (TPSA) is 162 Å². The molecule has 12 nitrogen and oxygen atoms in total. The molecule has 45 heavy (non-hydrogen) atoms. The molecule has 2 aromatic carbocycles. The van der Waals surface area contributed by atoms with Gasteiger partial charge in [0.1, 0.15) is 35.0 Å². The normalized spacial score (nSPS) is 19.1. The molecule has 0 unspecified atom stereocenters. The third kappa shape index (κ3) is 6.45. The lowest BCUT2D eigenvalue weighted by Gasteiger charge is -2.35. The maximum Gasteiger partial charge on any atom is 0.335 e. The van der Waals surface area contributed by atoms with Crippen molar-refractivity contribution in [3.05, 3.63) is 83.1 Å². The largest absolute Gasteiger partial charge is 0.457 e. The number of nitrogen functional groups attached to an aromatic ring is 1. The van der Waals surface area contributed by atoms with Crippen LogP contribution in [-0.2, 0) is 9.53 Å². The molecule has 6 rings (SSSR count). The van der Waals surface area contributed by atoms with E-state index in [0.29, 0.717) is 67.2 Å². The second-order valence-corrected chi connectivity index (χ2v) is 12.1. The number of hydrogen-bond donors (Lipinski definition) is 3. The van der Waals surface area contributed by atoms with Gasteiger partial charge in [-0.2, -0.15) is 5.26 Å². The van der Waals surface area contributed by atoms with E-state index in [4.69, 9.17) is 15.2 Å². The summed E-state index contributed by atoms with van der Waals surface area (Å²) in [7, 11) is 0. The number of aromatic nitrogens is 4. The van der Waals surface area contributed by atoms with Crippen LogP contribution in [0.4, 0.5) is 5.82 Å². The van der Waals surface area contributed by atoms with Crippen molar-refractivity contribution in [2.75, 3.05) is 18.9 Å². The SMILES string of the molecule is CC(C)(C=C(C#N)C(=O)NC1CCC(n2c(=O)n(-c3ccc(Oc4ccccc4)cc3)c3c(N)ncnc32)CC1)NC1COC1. The van der Waals surface area contributed by atoms with E-state index in [2.05, 4.69) is 26.7 Å². The number of amides is 1. The molecule has 232 valence electrons. The molecule has 1 aliphatic carbocycles. The highest BCUT2D eigenvalue weighted by atomic mass is 16.5. The molecule has 1 aliphatic heterocycles. The van der Waals surface area contributed by atoms with E-state index < -0.39 is 11.4 Å². The molecule has 0 bridgehead atoms. The van der Waals surface area contributed by atoms with Crippen molar-refractivity contribution in [2.24, 2.45) is 0 Å². The van der Waals surface area contributed by atoms with Gasteiger partial charge in [-0.25, -0.2) is 14.8 Å². The summed E-state index contributed by atoms with van der Waals surface area (Å²) in [6.07, 6.45) is 5.59. The molecule has 2 fully saturated rings. The Kier molecular flexibility index (Phi) is 8.38. The van der Waals surface area contributed by atoms with Crippen LogP contribution in [-0.4, -0.2) is 55.8 Å². The van der Waals surface area contributed by atoms with E-state index in [0.717, 1.165) is 0 Å². The fourth-order valence-corrected chi connectivity index (χ4v) is 6.06. The molecule has 4 N–H and O–H groups in total. The van der Waals surface area contributed by atoms with Gasteiger partial charge in [-0.15, -0.1) is 0 Å². The Bertz CT molecular complexity index is 1810. The van der Waals surface area contributed by atoms with E-state index in [1.165, 1.54) is 6.33 Å². The average Bonchev–Trinajstić information content (AvgIpc) is 3.32. The van der Waals surface area contributed by atoms with Gasteiger partial charge in [0.05, 0.1) is 24.9 Å². The van der Waals surface area contributed by atoms with Crippen LogP contribution in [0.25, 0.3) is 16.9 Å². The zero-order chi connectivity index (χ0) is 31.6. The van der Waals surface area contributed by atoms with Gasteiger partial charge in [0, 0.05) is 17.6 Å². The number of carbonyl (C=O) groups excluding carboxylic acids is 1. The molecule has 2 aliphatic rings. The maximum absolute atomic E-state index is 14.0. The number of carbonyl (C=O) groups is 1. The summed E-state index contributed by atoms with van der Waals surface area (Å²) < 4.78 is 14.4. The number of ether oxygens (including phenoxy) is 2. The minimum atomic E-state index is -0.539. The van der Waals surface area contributed by atoms with E-state index in [1.807, 2.05) is 44.2 Å². The zero-order valence-corrected chi connectivity index (χ0v) is 25.3. The van der Waals surface area contributed by atoms with Gasteiger partial charge in [-0.3, -0.25) is 13.9 Å². The first kappa shape index (κ1) is 30.1. The van der Waals surface area contributed by atoms with Crippen LogP contribution in [0.3, 0.4) is 0 Å². The van der Waals surface area contributed by atoms with Gasteiger partial charge >= 0.3 is 5.69 Å². The van der Waals surface area contributed by atoms with Crippen molar-refractivity contribution >= 4 is 22.9 Å². The third-order valence-corrected chi connectivity index (χ3v) is 8.24. The highest BCUT2D eigenvalue weighted by Gasteiger charge is 2.31. The molecule has 1 saturated carbocycles. The quantitative estimate of drug-likeness (QED) is 0.190. The van der Waals surface area contributed by atoms with E-state index in [-0.39, 0.29) is 35.2 Å². The molecule has 12 heteroatoms. The number of imidazole rings is 1. The summed E-state index contributed by atoms with van der Waals surface area (Å²) in [4.78, 5) is 35.7. The number of nitrogens with two attached hydrogens (primary N) is 1. The van der Waals surface area contributed by atoms with E-state index >= 15 is 0 Å². The highest BCUT2D eigenvalue weighted by molar-refractivity contribution is 5.97. The van der Waals surface area contributed by atoms with Gasteiger partial charge in [0.25, 0.3) is 5.91 Å².